The van der Waals surface area contributed by atoms with Gasteiger partial charge in [0.05, 0.1) is 6.54 Å². The standard InChI is InChI=1S/C13H12N4S/c14-12-3-1-2-11(6-12)13-15-9-17(16-13)7-10-4-5-18-8-10/h1-6,8-9H,7,14H2. The van der Waals surface area contributed by atoms with Gasteiger partial charge in [-0.25, -0.2) is 9.67 Å². The Morgan fingerprint density at radius 3 is 3.00 bits per heavy atom. The first-order valence-corrected chi connectivity index (χ1v) is 6.52. The number of nitrogen functional groups attached to an aromatic ring is 1. The molecule has 3 aromatic rings. The minimum absolute atomic E-state index is 0.706. The summed E-state index contributed by atoms with van der Waals surface area (Å²) in [4.78, 5) is 4.31. The lowest BCUT2D eigenvalue weighted by Gasteiger charge is -1.98. The van der Waals surface area contributed by atoms with E-state index in [0.717, 1.165) is 17.8 Å². The van der Waals surface area contributed by atoms with Crippen LogP contribution in [0, 0.1) is 0 Å². The molecule has 0 aliphatic carbocycles. The number of aromatic nitrogens is 3. The largest absolute Gasteiger partial charge is 0.399 e. The smallest absolute Gasteiger partial charge is 0.181 e. The van der Waals surface area contributed by atoms with Crippen LogP contribution in [0.15, 0.2) is 47.4 Å². The molecule has 18 heavy (non-hydrogen) atoms. The molecular formula is C13H12N4S. The van der Waals surface area contributed by atoms with Gasteiger partial charge >= 0.3 is 0 Å². The number of hydrogen-bond acceptors (Lipinski definition) is 4. The predicted molar refractivity (Wildman–Crippen MR) is 73.3 cm³/mol. The highest BCUT2D eigenvalue weighted by Gasteiger charge is 2.05. The fraction of sp³-hybridized carbons (Fsp3) is 0.0769. The van der Waals surface area contributed by atoms with Crippen molar-refractivity contribution in [1.82, 2.24) is 14.8 Å². The van der Waals surface area contributed by atoms with E-state index < -0.39 is 0 Å². The summed E-state index contributed by atoms with van der Waals surface area (Å²) in [5.74, 6) is 0.706. The normalized spacial score (nSPS) is 10.7. The molecule has 0 radical (unpaired) electrons. The van der Waals surface area contributed by atoms with Gasteiger partial charge in [-0.2, -0.15) is 16.4 Å². The maximum absolute atomic E-state index is 5.75. The first-order valence-electron chi connectivity index (χ1n) is 5.58. The monoisotopic (exact) mass is 256 g/mol. The fourth-order valence-electron chi connectivity index (χ4n) is 1.75. The second kappa shape index (κ2) is 4.62. The molecule has 2 heterocycles. The quantitative estimate of drug-likeness (QED) is 0.733. The highest BCUT2D eigenvalue weighted by molar-refractivity contribution is 7.07. The highest BCUT2D eigenvalue weighted by atomic mass is 32.1. The lowest BCUT2D eigenvalue weighted by atomic mass is 10.2. The molecule has 0 aliphatic rings. The van der Waals surface area contributed by atoms with Gasteiger partial charge in [-0.05, 0) is 34.5 Å². The van der Waals surface area contributed by atoms with E-state index >= 15 is 0 Å². The molecule has 90 valence electrons. The minimum Gasteiger partial charge on any atom is -0.399 e. The van der Waals surface area contributed by atoms with Gasteiger partial charge < -0.3 is 5.73 Å². The first kappa shape index (κ1) is 11.0. The van der Waals surface area contributed by atoms with E-state index in [-0.39, 0.29) is 0 Å². The molecule has 0 aliphatic heterocycles. The molecule has 0 unspecified atom stereocenters. The molecule has 0 spiro atoms. The van der Waals surface area contributed by atoms with Crippen LogP contribution in [0.3, 0.4) is 0 Å². The van der Waals surface area contributed by atoms with E-state index in [0.29, 0.717) is 5.82 Å². The number of benzene rings is 1. The molecule has 3 rings (SSSR count). The van der Waals surface area contributed by atoms with Crippen molar-refractivity contribution in [3.05, 3.63) is 53.0 Å². The Hall–Kier alpha value is -2.14. The van der Waals surface area contributed by atoms with Crippen LogP contribution in [0.1, 0.15) is 5.56 Å². The minimum atomic E-state index is 0.706. The number of rotatable bonds is 3. The molecule has 4 nitrogen and oxygen atoms in total. The molecule has 2 aromatic heterocycles. The Balaban J connectivity index is 1.85. The van der Waals surface area contributed by atoms with Gasteiger partial charge in [0.1, 0.15) is 6.33 Å². The van der Waals surface area contributed by atoms with Crippen LogP contribution >= 0.6 is 11.3 Å². The zero-order valence-electron chi connectivity index (χ0n) is 9.65. The van der Waals surface area contributed by atoms with Crippen molar-refractivity contribution in [2.75, 3.05) is 5.73 Å². The number of nitrogens with two attached hydrogens (primary N) is 1. The molecule has 0 amide bonds. The molecule has 1 aromatic carbocycles. The van der Waals surface area contributed by atoms with Gasteiger partial charge in [0, 0.05) is 11.3 Å². The number of thiophene rings is 1. The molecule has 0 saturated carbocycles. The maximum Gasteiger partial charge on any atom is 0.181 e. The van der Waals surface area contributed by atoms with E-state index in [1.54, 1.807) is 17.7 Å². The van der Waals surface area contributed by atoms with Crippen molar-refractivity contribution in [1.29, 1.82) is 0 Å². The Kier molecular flexibility index (Phi) is 2.82. The summed E-state index contributed by atoms with van der Waals surface area (Å²) in [7, 11) is 0. The summed E-state index contributed by atoms with van der Waals surface area (Å²) >= 11 is 1.69. The van der Waals surface area contributed by atoms with E-state index in [9.17, 15) is 0 Å². The van der Waals surface area contributed by atoms with Gasteiger partial charge in [-0.1, -0.05) is 12.1 Å². The average Bonchev–Trinajstić information content (AvgIpc) is 3.01. The van der Waals surface area contributed by atoms with Crippen LogP contribution in [-0.2, 0) is 6.54 Å². The van der Waals surface area contributed by atoms with E-state index in [4.69, 9.17) is 5.73 Å². The number of hydrogen-bond donors (Lipinski definition) is 1. The summed E-state index contributed by atoms with van der Waals surface area (Å²) in [5, 5.41) is 8.62. The third-order valence-corrected chi connectivity index (χ3v) is 3.34. The van der Waals surface area contributed by atoms with Gasteiger partial charge in [0.15, 0.2) is 5.82 Å². The van der Waals surface area contributed by atoms with E-state index in [2.05, 4.69) is 26.9 Å². The van der Waals surface area contributed by atoms with Crippen LogP contribution in [0.2, 0.25) is 0 Å². The van der Waals surface area contributed by atoms with Crippen molar-refractivity contribution < 1.29 is 0 Å². The SMILES string of the molecule is Nc1cccc(-c2ncn(Cc3ccsc3)n2)c1. The van der Waals surface area contributed by atoms with E-state index in [1.165, 1.54) is 5.56 Å². The van der Waals surface area contributed by atoms with E-state index in [1.807, 2.05) is 28.9 Å². The zero-order valence-corrected chi connectivity index (χ0v) is 10.5. The average molecular weight is 256 g/mol. The molecule has 0 saturated heterocycles. The number of anilines is 1. The first-order chi connectivity index (χ1) is 8.81. The topological polar surface area (TPSA) is 56.7 Å². The molecule has 0 atom stereocenters. The van der Waals surface area contributed by atoms with Crippen LogP contribution in [0.25, 0.3) is 11.4 Å². The van der Waals surface area contributed by atoms with Gasteiger partial charge in [0.25, 0.3) is 0 Å². The summed E-state index contributed by atoms with van der Waals surface area (Å²) < 4.78 is 1.83. The van der Waals surface area contributed by atoms with Crippen LogP contribution in [-0.4, -0.2) is 14.8 Å². The predicted octanol–water partition coefficient (Wildman–Crippen LogP) is 2.64. The number of nitrogens with zero attached hydrogens (tertiary/aromatic N) is 3. The Morgan fingerprint density at radius 1 is 1.28 bits per heavy atom. The maximum atomic E-state index is 5.75. The molecule has 2 N–H and O–H groups in total. The van der Waals surface area contributed by atoms with Crippen molar-refractivity contribution in [2.24, 2.45) is 0 Å². The third kappa shape index (κ3) is 2.26. The van der Waals surface area contributed by atoms with Crippen LogP contribution < -0.4 is 5.73 Å². The van der Waals surface area contributed by atoms with Crippen molar-refractivity contribution in [2.45, 2.75) is 6.54 Å². The molecular weight excluding hydrogens is 244 g/mol. The van der Waals surface area contributed by atoms with Gasteiger partial charge in [-0.3, -0.25) is 0 Å². The highest BCUT2D eigenvalue weighted by Crippen LogP contribution is 2.17. The second-order valence-electron chi connectivity index (χ2n) is 4.02. The molecule has 0 fully saturated rings. The second-order valence-corrected chi connectivity index (χ2v) is 4.80. The van der Waals surface area contributed by atoms with Crippen molar-refractivity contribution >= 4 is 17.0 Å². The third-order valence-electron chi connectivity index (χ3n) is 2.61. The summed E-state index contributed by atoms with van der Waals surface area (Å²) in [6.07, 6.45) is 1.75. The summed E-state index contributed by atoms with van der Waals surface area (Å²) in [5.41, 5.74) is 8.66. The summed E-state index contributed by atoms with van der Waals surface area (Å²) in [6.45, 7) is 0.749. The Labute approximate surface area is 109 Å². The summed E-state index contributed by atoms with van der Waals surface area (Å²) in [6, 6.07) is 9.69. The van der Waals surface area contributed by atoms with Crippen LogP contribution in [0.4, 0.5) is 5.69 Å². The molecule has 0 bridgehead atoms. The van der Waals surface area contributed by atoms with Gasteiger partial charge in [0.2, 0.25) is 0 Å². The fourth-order valence-corrected chi connectivity index (χ4v) is 2.41. The lowest BCUT2D eigenvalue weighted by Crippen LogP contribution is -1.99. The lowest BCUT2D eigenvalue weighted by molar-refractivity contribution is 0.688. The molecule has 5 heteroatoms. The zero-order chi connectivity index (χ0) is 12.4. The Bertz CT molecular complexity index is 643. The van der Waals surface area contributed by atoms with Crippen molar-refractivity contribution in [3.63, 3.8) is 0 Å². The van der Waals surface area contributed by atoms with Crippen LogP contribution in [0.5, 0.6) is 0 Å². The Morgan fingerprint density at radius 2 is 2.22 bits per heavy atom. The van der Waals surface area contributed by atoms with Crippen molar-refractivity contribution in [3.8, 4) is 11.4 Å². The van der Waals surface area contributed by atoms with Gasteiger partial charge in [-0.15, -0.1) is 0 Å².